The highest BCUT2D eigenvalue weighted by Gasteiger charge is 2.26. The van der Waals surface area contributed by atoms with E-state index in [-0.39, 0.29) is 18.3 Å². The molecule has 0 fully saturated rings. The summed E-state index contributed by atoms with van der Waals surface area (Å²) in [6.45, 7) is 7.58. The van der Waals surface area contributed by atoms with E-state index in [0.717, 1.165) is 5.56 Å². The zero-order valence-corrected chi connectivity index (χ0v) is 13.6. The second kappa shape index (κ2) is 7.35. The second-order valence-corrected chi connectivity index (χ2v) is 10.3. The standard InChI is InChI=1S/C15H23NO3Si/c1-12(17)11-16-14(15(18)19-20(2,3)4)10-13-8-6-5-7-9-13/h5-9,14,16H,10-11H2,1-4H3/t14-/m0/s1. The molecule has 1 rings (SSSR count). The van der Waals surface area contributed by atoms with E-state index in [9.17, 15) is 9.59 Å². The molecule has 1 N–H and O–H groups in total. The molecule has 4 nitrogen and oxygen atoms in total. The Morgan fingerprint density at radius 3 is 2.30 bits per heavy atom. The Hall–Kier alpha value is -1.46. The molecule has 20 heavy (non-hydrogen) atoms. The molecule has 0 aliphatic heterocycles. The lowest BCUT2D eigenvalue weighted by Crippen LogP contribution is -2.45. The zero-order chi connectivity index (χ0) is 15.2. The van der Waals surface area contributed by atoms with Crippen molar-refractivity contribution in [3.8, 4) is 0 Å². The van der Waals surface area contributed by atoms with Gasteiger partial charge in [-0.05, 0) is 38.5 Å². The van der Waals surface area contributed by atoms with Crippen LogP contribution in [0, 0.1) is 0 Å². The van der Waals surface area contributed by atoms with Crippen molar-refractivity contribution in [3.63, 3.8) is 0 Å². The number of ketones is 1. The topological polar surface area (TPSA) is 55.4 Å². The van der Waals surface area contributed by atoms with Gasteiger partial charge in [-0.15, -0.1) is 0 Å². The van der Waals surface area contributed by atoms with Gasteiger partial charge in [-0.2, -0.15) is 0 Å². The average molecular weight is 293 g/mol. The Kier molecular flexibility index (Phi) is 6.10. The molecule has 1 atom stereocenters. The molecule has 0 aliphatic rings. The maximum Gasteiger partial charge on any atom is 0.310 e. The van der Waals surface area contributed by atoms with E-state index in [2.05, 4.69) is 5.32 Å². The molecule has 0 saturated carbocycles. The highest BCUT2D eigenvalue weighted by molar-refractivity contribution is 6.71. The highest BCUT2D eigenvalue weighted by Crippen LogP contribution is 2.09. The van der Waals surface area contributed by atoms with Crippen LogP contribution in [-0.2, 0) is 20.4 Å². The van der Waals surface area contributed by atoms with Crippen molar-refractivity contribution in [2.75, 3.05) is 6.54 Å². The van der Waals surface area contributed by atoms with E-state index in [1.807, 2.05) is 50.0 Å². The Bertz CT molecular complexity index is 454. The van der Waals surface area contributed by atoms with E-state index in [4.69, 9.17) is 4.43 Å². The van der Waals surface area contributed by atoms with Crippen molar-refractivity contribution in [2.45, 2.75) is 39.0 Å². The Morgan fingerprint density at radius 2 is 1.80 bits per heavy atom. The first-order valence-electron chi connectivity index (χ1n) is 6.77. The first kappa shape index (κ1) is 16.6. The van der Waals surface area contributed by atoms with Crippen LogP contribution in [0.5, 0.6) is 0 Å². The van der Waals surface area contributed by atoms with Gasteiger partial charge in [-0.25, -0.2) is 0 Å². The van der Waals surface area contributed by atoms with Crippen LogP contribution in [0.2, 0.25) is 19.6 Å². The summed E-state index contributed by atoms with van der Waals surface area (Å²) in [5.41, 5.74) is 1.04. The molecule has 0 spiro atoms. The van der Waals surface area contributed by atoms with Crippen LogP contribution in [0.4, 0.5) is 0 Å². The predicted molar refractivity (Wildman–Crippen MR) is 82.1 cm³/mol. The minimum absolute atomic E-state index is 0.00358. The van der Waals surface area contributed by atoms with Crippen LogP contribution in [-0.4, -0.2) is 32.7 Å². The number of hydrogen-bond acceptors (Lipinski definition) is 4. The summed E-state index contributed by atoms with van der Waals surface area (Å²) in [6, 6.07) is 9.24. The number of nitrogens with one attached hydrogen (secondary N) is 1. The third-order valence-corrected chi connectivity index (χ3v) is 3.38. The molecular weight excluding hydrogens is 270 g/mol. The van der Waals surface area contributed by atoms with Gasteiger partial charge >= 0.3 is 5.97 Å². The van der Waals surface area contributed by atoms with Crippen molar-refractivity contribution in [1.29, 1.82) is 0 Å². The van der Waals surface area contributed by atoms with Crippen LogP contribution in [0.1, 0.15) is 12.5 Å². The van der Waals surface area contributed by atoms with Gasteiger partial charge in [-0.1, -0.05) is 30.3 Å². The normalized spacial score (nSPS) is 12.8. The van der Waals surface area contributed by atoms with Crippen molar-refractivity contribution < 1.29 is 14.0 Å². The summed E-state index contributed by atoms with van der Waals surface area (Å²) >= 11 is 0. The molecule has 0 saturated heterocycles. The summed E-state index contributed by atoms with van der Waals surface area (Å²) in [4.78, 5) is 23.3. The van der Waals surface area contributed by atoms with Crippen LogP contribution in [0.25, 0.3) is 0 Å². The van der Waals surface area contributed by atoms with Gasteiger partial charge in [0.15, 0.2) is 0 Å². The van der Waals surface area contributed by atoms with Crippen molar-refractivity contribution in [3.05, 3.63) is 35.9 Å². The third-order valence-electron chi connectivity index (χ3n) is 2.57. The number of Topliss-reactive ketones (excluding diaryl/α,β-unsaturated/α-hetero) is 1. The Balaban J connectivity index is 2.74. The molecule has 110 valence electrons. The SMILES string of the molecule is CC(=O)CN[C@@H](Cc1ccccc1)C(=O)O[Si](C)(C)C. The van der Waals surface area contributed by atoms with Gasteiger partial charge in [0.1, 0.15) is 11.8 Å². The molecule has 0 amide bonds. The third kappa shape index (κ3) is 6.63. The van der Waals surface area contributed by atoms with Crippen molar-refractivity contribution in [2.24, 2.45) is 0 Å². The van der Waals surface area contributed by atoms with E-state index in [0.29, 0.717) is 6.42 Å². The molecule has 1 aromatic rings. The maximum absolute atomic E-state index is 12.2. The number of rotatable bonds is 7. The fraction of sp³-hybridized carbons (Fsp3) is 0.467. The lowest BCUT2D eigenvalue weighted by molar-refractivity contribution is -0.137. The number of carbonyl (C=O) groups excluding carboxylic acids is 2. The summed E-state index contributed by atoms with van der Waals surface area (Å²) in [6.07, 6.45) is 0.525. The Morgan fingerprint density at radius 1 is 1.20 bits per heavy atom. The predicted octanol–water partition coefficient (Wildman–Crippen LogP) is 2.15. The van der Waals surface area contributed by atoms with Gasteiger partial charge in [0.2, 0.25) is 8.32 Å². The zero-order valence-electron chi connectivity index (χ0n) is 12.6. The Labute approximate surface area is 121 Å². The lowest BCUT2D eigenvalue weighted by atomic mass is 10.1. The van der Waals surface area contributed by atoms with E-state index in [1.165, 1.54) is 6.92 Å². The van der Waals surface area contributed by atoms with Gasteiger partial charge in [0, 0.05) is 0 Å². The molecule has 0 heterocycles. The number of hydrogen-bond donors (Lipinski definition) is 1. The van der Waals surface area contributed by atoms with Crippen molar-refractivity contribution in [1.82, 2.24) is 5.32 Å². The molecule has 0 aliphatic carbocycles. The summed E-state index contributed by atoms with van der Waals surface area (Å²) < 4.78 is 5.53. The number of benzene rings is 1. The van der Waals surface area contributed by atoms with Crippen molar-refractivity contribution >= 4 is 20.1 Å². The van der Waals surface area contributed by atoms with E-state index in [1.54, 1.807) is 0 Å². The van der Waals surface area contributed by atoms with Crippen LogP contribution >= 0.6 is 0 Å². The van der Waals surface area contributed by atoms with Gasteiger partial charge < -0.3 is 4.43 Å². The molecular formula is C15H23NO3Si. The van der Waals surface area contributed by atoms with Crippen LogP contribution < -0.4 is 5.32 Å². The summed E-state index contributed by atoms with van der Waals surface area (Å²) in [7, 11) is -1.93. The average Bonchev–Trinajstić information content (AvgIpc) is 2.33. The lowest BCUT2D eigenvalue weighted by Gasteiger charge is -2.23. The minimum atomic E-state index is -1.93. The molecule has 0 bridgehead atoms. The van der Waals surface area contributed by atoms with E-state index < -0.39 is 14.4 Å². The fourth-order valence-electron chi connectivity index (χ4n) is 1.73. The van der Waals surface area contributed by atoms with E-state index >= 15 is 0 Å². The molecule has 1 aromatic carbocycles. The smallest absolute Gasteiger partial charge is 0.310 e. The van der Waals surface area contributed by atoms with Gasteiger partial charge in [0.05, 0.1) is 6.54 Å². The monoisotopic (exact) mass is 293 g/mol. The minimum Gasteiger partial charge on any atom is -0.519 e. The largest absolute Gasteiger partial charge is 0.519 e. The molecule has 0 radical (unpaired) electrons. The summed E-state index contributed by atoms with van der Waals surface area (Å²) in [5, 5.41) is 2.99. The summed E-state index contributed by atoms with van der Waals surface area (Å²) in [5.74, 6) is -0.266. The maximum atomic E-state index is 12.2. The molecule has 0 aromatic heterocycles. The first-order chi connectivity index (χ1) is 9.28. The van der Waals surface area contributed by atoms with Crippen LogP contribution in [0.3, 0.4) is 0 Å². The second-order valence-electron chi connectivity index (χ2n) is 5.86. The molecule has 0 unspecified atom stereocenters. The van der Waals surface area contributed by atoms with Gasteiger partial charge in [0.25, 0.3) is 0 Å². The fourth-order valence-corrected chi connectivity index (χ4v) is 2.47. The highest BCUT2D eigenvalue weighted by atomic mass is 28.4. The number of carbonyl (C=O) groups is 2. The van der Waals surface area contributed by atoms with Gasteiger partial charge in [-0.3, -0.25) is 14.9 Å². The molecule has 5 heteroatoms. The van der Waals surface area contributed by atoms with Crippen LogP contribution in [0.15, 0.2) is 30.3 Å². The first-order valence-corrected chi connectivity index (χ1v) is 10.2. The quantitative estimate of drug-likeness (QED) is 0.783.